The number of fused-ring (bicyclic) bond motifs is 1. The number of aromatic nitrogens is 2. The number of benzene rings is 2. The monoisotopic (exact) mass is 420 g/mol. The van der Waals surface area contributed by atoms with Crippen molar-refractivity contribution in [3.63, 3.8) is 0 Å². The highest BCUT2D eigenvalue weighted by atomic mass is 16.5. The molecule has 7 heteroatoms. The summed E-state index contributed by atoms with van der Waals surface area (Å²) < 4.78 is 6.86. The number of carbonyl (C=O) groups excluding carboxylic acids is 1. The highest BCUT2D eigenvalue weighted by Crippen LogP contribution is 2.27. The number of piperidine rings is 1. The van der Waals surface area contributed by atoms with Gasteiger partial charge in [-0.05, 0) is 62.1 Å². The second-order valence-corrected chi connectivity index (χ2v) is 8.00. The quantitative estimate of drug-likeness (QED) is 0.658. The normalized spacial score (nSPS) is 14.6. The van der Waals surface area contributed by atoms with E-state index in [9.17, 15) is 9.59 Å². The zero-order chi connectivity index (χ0) is 21.8. The van der Waals surface area contributed by atoms with Crippen molar-refractivity contribution in [1.29, 1.82) is 0 Å². The van der Waals surface area contributed by atoms with Crippen molar-refractivity contribution >= 4 is 28.3 Å². The summed E-state index contributed by atoms with van der Waals surface area (Å²) in [6.07, 6.45) is 2.17. The van der Waals surface area contributed by atoms with E-state index in [1.165, 1.54) is 4.57 Å². The van der Waals surface area contributed by atoms with Crippen LogP contribution in [0.2, 0.25) is 0 Å². The lowest BCUT2D eigenvalue weighted by molar-refractivity contribution is -0.116. The number of anilines is 2. The summed E-state index contributed by atoms with van der Waals surface area (Å²) in [5.74, 6) is 1.87. The largest absolute Gasteiger partial charge is 0.494 e. The molecule has 0 unspecified atom stereocenters. The molecule has 0 aliphatic carbocycles. The van der Waals surface area contributed by atoms with Crippen molar-refractivity contribution in [1.82, 2.24) is 9.55 Å². The van der Waals surface area contributed by atoms with Crippen molar-refractivity contribution in [3.8, 4) is 5.75 Å². The fourth-order valence-electron chi connectivity index (χ4n) is 3.97. The van der Waals surface area contributed by atoms with Gasteiger partial charge in [-0.15, -0.1) is 0 Å². The topological polar surface area (TPSA) is 76.5 Å². The van der Waals surface area contributed by atoms with E-state index in [0.717, 1.165) is 48.4 Å². The molecule has 1 amide bonds. The molecule has 0 radical (unpaired) electrons. The Morgan fingerprint density at radius 2 is 1.84 bits per heavy atom. The molecule has 7 nitrogen and oxygen atoms in total. The number of para-hydroxylation sites is 1. The number of hydrogen-bond acceptors (Lipinski definition) is 5. The van der Waals surface area contributed by atoms with E-state index in [4.69, 9.17) is 4.74 Å². The average molecular weight is 421 g/mol. The van der Waals surface area contributed by atoms with Gasteiger partial charge in [0.15, 0.2) is 0 Å². The van der Waals surface area contributed by atoms with Crippen LogP contribution in [0.25, 0.3) is 10.9 Å². The minimum Gasteiger partial charge on any atom is -0.494 e. The van der Waals surface area contributed by atoms with Crippen molar-refractivity contribution in [2.75, 3.05) is 29.9 Å². The zero-order valence-electron chi connectivity index (χ0n) is 18.0. The highest BCUT2D eigenvalue weighted by Gasteiger charge is 2.21. The van der Waals surface area contributed by atoms with Crippen molar-refractivity contribution < 1.29 is 9.53 Å². The van der Waals surface area contributed by atoms with Crippen LogP contribution in [-0.2, 0) is 11.3 Å². The number of ether oxygens (including phenoxy) is 1. The van der Waals surface area contributed by atoms with Crippen molar-refractivity contribution in [2.24, 2.45) is 5.92 Å². The molecule has 2 heterocycles. The van der Waals surface area contributed by atoms with Crippen molar-refractivity contribution in [2.45, 2.75) is 33.2 Å². The number of amides is 1. The standard InChI is InChI=1S/C24H28N4O3/c1-3-31-19-10-8-18(9-11-19)25-22(29)16-28-21-7-5-4-6-20(21)23(26-24(28)30)27-14-12-17(2)13-15-27/h4-11,17H,3,12-16H2,1-2H3,(H,25,29). The van der Waals surface area contributed by atoms with Crippen LogP contribution in [0.15, 0.2) is 53.3 Å². The third kappa shape index (κ3) is 4.71. The third-order valence-electron chi connectivity index (χ3n) is 5.70. The summed E-state index contributed by atoms with van der Waals surface area (Å²) >= 11 is 0. The van der Waals surface area contributed by atoms with Crippen LogP contribution >= 0.6 is 0 Å². The van der Waals surface area contributed by atoms with Gasteiger partial charge in [0.1, 0.15) is 18.1 Å². The van der Waals surface area contributed by atoms with Gasteiger partial charge in [0, 0.05) is 24.2 Å². The van der Waals surface area contributed by atoms with Gasteiger partial charge in [0.05, 0.1) is 12.1 Å². The van der Waals surface area contributed by atoms with Gasteiger partial charge in [-0.25, -0.2) is 4.79 Å². The fraction of sp³-hybridized carbons (Fsp3) is 0.375. The summed E-state index contributed by atoms with van der Waals surface area (Å²) in [6, 6.07) is 14.8. The SMILES string of the molecule is CCOc1ccc(NC(=O)Cn2c(=O)nc(N3CCC(C)CC3)c3ccccc32)cc1. The van der Waals surface area contributed by atoms with Crippen LogP contribution < -0.4 is 20.6 Å². The van der Waals surface area contributed by atoms with Crippen LogP contribution in [0.1, 0.15) is 26.7 Å². The number of hydrogen-bond donors (Lipinski definition) is 1. The first-order chi connectivity index (χ1) is 15.0. The average Bonchev–Trinajstić information content (AvgIpc) is 2.78. The molecule has 3 aromatic rings. The summed E-state index contributed by atoms with van der Waals surface area (Å²) in [4.78, 5) is 32.1. The predicted molar refractivity (Wildman–Crippen MR) is 123 cm³/mol. The maximum atomic E-state index is 12.9. The van der Waals surface area contributed by atoms with Gasteiger partial charge in [-0.2, -0.15) is 4.98 Å². The number of rotatable bonds is 6. The molecule has 1 fully saturated rings. The first-order valence-corrected chi connectivity index (χ1v) is 10.8. The molecule has 2 aromatic carbocycles. The minimum absolute atomic E-state index is 0.100. The molecule has 1 aromatic heterocycles. The van der Waals surface area contributed by atoms with Gasteiger partial charge in [0.2, 0.25) is 5.91 Å². The minimum atomic E-state index is -0.408. The molecule has 4 rings (SSSR count). The Labute approximate surface area is 181 Å². The maximum Gasteiger partial charge on any atom is 0.350 e. The van der Waals surface area contributed by atoms with Crippen LogP contribution in [0.3, 0.4) is 0 Å². The molecule has 0 atom stereocenters. The molecule has 1 aliphatic heterocycles. The Hall–Kier alpha value is -3.35. The van der Waals surface area contributed by atoms with Gasteiger partial charge in [0.25, 0.3) is 0 Å². The molecule has 1 aliphatic rings. The van der Waals surface area contributed by atoms with Gasteiger partial charge >= 0.3 is 5.69 Å². The smallest absolute Gasteiger partial charge is 0.350 e. The molecular formula is C24H28N4O3. The molecule has 1 saturated heterocycles. The Morgan fingerprint density at radius 1 is 1.13 bits per heavy atom. The molecule has 162 valence electrons. The third-order valence-corrected chi connectivity index (χ3v) is 5.70. The second-order valence-electron chi connectivity index (χ2n) is 8.00. The van der Waals surface area contributed by atoms with E-state index in [2.05, 4.69) is 22.1 Å². The Bertz CT molecular complexity index is 1120. The van der Waals surface area contributed by atoms with Crippen LogP contribution in [0, 0.1) is 5.92 Å². The van der Waals surface area contributed by atoms with Gasteiger partial charge in [-0.1, -0.05) is 19.1 Å². The molecule has 0 saturated carbocycles. The summed E-state index contributed by atoms with van der Waals surface area (Å²) in [5, 5.41) is 3.74. The van der Waals surface area contributed by atoms with E-state index in [-0.39, 0.29) is 12.5 Å². The van der Waals surface area contributed by atoms with Crippen LogP contribution in [-0.4, -0.2) is 35.2 Å². The molecule has 0 spiro atoms. The zero-order valence-corrected chi connectivity index (χ0v) is 18.0. The van der Waals surface area contributed by atoms with E-state index in [0.29, 0.717) is 18.2 Å². The van der Waals surface area contributed by atoms with E-state index in [1.807, 2.05) is 31.2 Å². The predicted octanol–water partition coefficient (Wildman–Crippen LogP) is 3.67. The number of carbonyl (C=O) groups is 1. The lowest BCUT2D eigenvalue weighted by Crippen LogP contribution is -2.37. The highest BCUT2D eigenvalue weighted by molar-refractivity contribution is 5.93. The summed E-state index contributed by atoms with van der Waals surface area (Å²) in [6.45, 7) is 6.43. The van der Waals surface area contributed by atoms with Crippen LogP contribution in [0.5, 0.6) is 5.75 Å². The molecule has 31 heavy (non-hydrogen) atoms. The Kier molecular flexibility index (Phi) is 6.21. The number of nitrogens with zero attached hydrogens (tertiary/aromatic N) is 3. The van der Waals surface area contributed by atoms with Crippen molar-refractivity contribution in [3.05, 3.63) is 59.0 Å². The molecule has 1 N–H and O–H groups in total. The fourth-order valence-corrected chi connectivity index (χ4v) is 3.97. The van der Waals surface area contributed by atoms with E-state index >= 15 is 0 Å². The lowest BCUT2D eigenvalue weighted by Gasteiger charge is -2.32. The Balaban J connectivity index is 1.58. The van der Waals surface area contributed by atoms with E-state index < -0.39 is 5.69 Å². The van der Waals surface area contributed by atoms with Gasteiger partial charge < -0.3 is 15.0 Å². The maximum absolute atomic E-state index is 12.9. The first-order valence-electron chi connectivity index (χ1n) is 10.8. The molecular weight excluding hydrogens is 392 g/mol. The van der Waals surface area contributed by atoms with Crippen LogP contribution in [0.4, 0.5) is 11.5 Å². The molecule has 0 bridgehead atoms. The Morgan fingerprint density at radius 3 is 2.55 bits per heavy atom. The van der Waals surface area contributed by atoms with Gasteiger partial charge in [-0.3, -0.25) is 9.36 Å². The first kappa shape index (κ1) is 20.9. The second kappa shape index (κ2) is 9.20. The summed E-state index contributed by atoms with van der Waals surface area (Å²) in [7, 11) is 0. The number of nitrogens with one attached hydrogen (secondary N) is 1. The lowest BCUT2D eigenvalue weighted by atomic mass is 9.99. The van der Waals surface area contributed by atoms with E-state index in [1.54, 1.807) is 24.3 Å². The summed E-state index contributed by atoms with van der Waals surface area (Å²) in [5.41, 5.74) is 0.963.